The van der Waals surface area contributed by atoms with Gasteiger partial charge < -0.3 is 14.7 Å². The highest BCUT2D eigenvalue weighted by Gasteiger charge is 2.31. The molecule has 0 atom stereocenters. The zero-order chi connectivity index (χ0) is 13.1. The number of anilines is 1. The first-order valence-corrected chi connectivity index (χ1v) is 6.23. The van der Waals surface area contributed by atoms with Gasteiger partial charge >= 0.3 is 5.97 Å². The predicted molar refractivity (Wildman–Crippen MR) is 70.4 cm³/mol. The van der Waals surface area contributed by atoms with Gasteiger partial charge in [0.2, 0.25) is 0 Å². The molecular formula is C14H19NO3. The topological polar surface area (TPSA) is 49.8 Å². The molecule has 0 unspecified atom stereocenters. The van der Waals surface area contributed by atoms with Crippen LogP contribution in [0.5, 0.6) is 0 Å². The highest BCUT2D eigenvalue weighted by Crippen LogP contribution is 2.34. The molecule has 4 heteroatoms. The number of methoxy groups -OCH3 is 1. The van der Waals surface area contributed by atoms with Crippen LogP contribution < -0.4 is 4.90 Å². The van der Waals surface area contributed by atoms with Crippen LogP contribution in [-0.4, -0.2) is 37.4 Å². The molecule has 1 N–H and O–H groups in total. The standard InChI is InChI=1S/C14H19NO3/c1-10-3-6-12(14(16)17)13(9-10)15(7-8-18-2)11-4-5-11/h3,6,9,11H,4-5,7-8H2,1-2H3,(H,16,17). The summed E-state index contributed by atoms with van der Waals surface area (Å²) in [6, 6.07) is 5.96. The van der Waals surface area contributed by atoms with Crippen LogP contribution in [-0.2, 0) is 4.74 Å². The molecule has 0 saturated heterocycles. The van der Waals surface area contributed by atoms with Crippen molar-refractivity contribution in [3.8, 4) is 0 Å². The number of carboxylic acids is 1. The maximum Gasteiger partial charge on any atom is 0.337 e. The average molecular weight is 249 g/mol. The molecule has 98 valence electrons. The summed E-state index contributed by atoms with van der Waals surface area (Å²) in [6.07, 6.45) is 2.27. The number of hydrogen-bond donors (Lipinski definition) is 1. The Morgan fingerprint density at radius 3 is 2.78 bits per heavy atom. The second-order valence-electron chi connectivity index (χ2n) is 4.74. The number of aryl methyl sites for hydroxylation is 1. The van der Waals surface area contributed by atoms with E-state index in [1.165, 1.54) is 0 Å². The lowest BCUT2D eigenvalue weighted by atomic mass is 10.1. The van der Waals surface area contributed by atoms with Crippen LogP contribution in [0.1, 0.15) is 28.8 Å². The van der Waals surface area contributed by atoms with Crippen molar-refractivity contribution < 1.29 is 14.6 Å². The molecule has 0 heterocycles. The minimum absolute atomic E-state index is 0.378. The molecule has 0 spiro atoms. The molecule has 1 fully saturated rings. The van der Waals surface area contributed by atoms with Crippen LogP contribution in [0.4, 0.5) is 5.69 Å². The third kappa shape index (κ3) is 2.82. The number of nitrogens with zero attached hydrogens (tertiary/aromatic N) is 1. The molecule has 1 aromatic carbocycles. The maximum atomic E-state index is 11.3. The molecule has 18 heavy (non-hydrogen) atoms. The molecule has 1 aliphatic rings. The van der Waals surface area contributed by atoms with Gasteiger partial charge in [-0.15, -0.1) is 0 Å². The lowest BCUT2D eigenvalue weighted by Crippen LogP contribution is -2.31. The van der Waals surface area contributed by atoms with Crippen molar-refractivity contribution in [1.29, 1.82) is 0 Å². The fourth-order valence-electron chi connectivity index (χ4n) is 2.14. The van der Waals surface area contributed by atoms with E-state index in [1.54, 1.807) is 13.2 Å². The van der Waals surface area contributed by atoms with Crippen molar-refractivity contribution in [2.24, 2.45) is 0 Å². The van der Waals surface area contributed by atoms with Gasteiger partial charge in [0.1, 0.15) is 0 Å². The van der Waals surface area contributed by atoms with E-state index in [9.17, 15) is 9.90 Å². The predicted octanol–water partition coefficient (Wildman–Crippen LogP) is 2.31. The summed E-state index contributed by atoms with van der Waals surface area (Å²) >= 11 is 0. The van der Waals surface area contributed by atoms with Crippen LogP contribution in [0, 0.1) is 6.92 Å². The summed E-state index contributed by atoms with van der Waals surface area (Å²) in [5.74, 6) is -0.868. The van der Waals surface area contributed by atoms with E-state index in [1.807, 2.05) is 19.1 Å². The molecule has 1 saturated carbocycles. The van der Waals surface area contributed by atoms with Crippen LogP contribution in [0.2, 0.25) is 0 Å². The molecule has 1 aromatic rings. The van der Waals surface area contributed by atoms with Crippen LogP contribution in [0.25, 0.3) is 0 Å². The molecule has 4 nitrogen and oxygen atoms in total. The Labute approximate surface area is 107 Å². The highest BCUT2D eigenvalue weighted by molar-refractivity contribution is 5.94. The van der Waals surface area contributed by atoms with E-state index in [0.29, 0.717) is 18.2 Å². The zero-order valence-corrected chi connectivity index (χ0v) is 10.8. The summed E-state index contributed by atoms with van der Waals surface area (Å²) < 4.78 is 5.11. The molecule has 0 radical (unpaired) electrons. The van der Waals surface area contributed by atoms with Crippen molar-refractivity contribution in [1.82, 2.24) is 0 Å². The Balaban J connectivity index is 2.32. The summed E-state index contributed by atoms with van der Waals surface area (Å²) in [5.41, 5.74) is 2.28. The molecular weight excluding hydrogens is 230 g/mol. The third-order valence-electron chi connectivity index (χ3n) is 3.22. The molecule has 0 amide bonds. The van der Waals surface area contributed by atoms with Crippen LogP contribution >= 0.6 is 0 Å². The van der Waals surface area contributed by atoms with Crippen LogP contribution in [0.3, 0.4) is 0 Å². The lowest BCUT2D eigenvalue weighted by molar-refractivity contribution is 0.0697. The van der Waals surface area contributed by atoms with Crippen LogP contribution in [0.15, 0.2) is 18.2 Å². The van der Waals surface area contributed by atoms with E-state index < -0.39 is 5.97 Å². The summed E-state index contributed by atoms with van der Waals surface area (Å²) in [6.45, 7) is 3.34. The van der Waals surface area contributed by atoms with Crippen molar-refractivity contribution in [2.75, 3.05) is 25.2 Å². The Kier molecular flexibility index (Phi) is 3.87. The van der Waals surface area contributed by atoms with Gasteiger partial charge in [0, 0.05) is 19.7 Å². The summed E-state index contributed by atoms with van der Waals surface area (Å²) in [4.78, 5) is 13.5. The lowest BCUT2D eigenvalue weighted by Gasteiger charge is -2.26. The maximum absolute atomic E-state index is 11.3. The molecule has 2 rings (SSSR count). The third-order valence-corrected chi connectivity index (χ3v) is 3.22. The van der Waals surface area contributed by atoms with E-state index in [2.05, 4.69) is 4.90 Å². The molecule has 0 aromatic heterocycles. The highest BCUT2D eigenvalue weighted by atomic mass is 16.5. The number of carboxylic acid groups (broad SMARTS) is 1. The van der Waals surface area contributed by atoms with Gasteiger partial charge in [-0.25, -0.2) is 4.79 Å². The first kappa shape index (κ1) is 12.9. The van der Waals surface area contributed by atoms with Crippen molar-refractivity contribution in [3.63, 3.8) is 0 Å². The monoisotopic (exact) mass is 249 g/mol. The minimum Gasteiger partial charge on any atom is -0.478 e. The summed E-state index contributed by atoms with van der Waals surface area (Å²) in [7, 11) is 1.67. The number of aromatic carboxylic acids is 1. The van der Waals surface area contributed by atoms with Gasteiger partial charge in [-0.2, -0.15) is 0 Å². The Morgan fingerprint density at radius 2 is 2.22 bits per heavy atom. The fraction of sp³-hybridized carbons (Fsp3) is 0.500. The normalized spacial score (nSPS) is 14.6. The largest absolute Gasteiger partial charge is 0.478 e. The SMILES string of the molecule is COCCN(c1cc(C)ccc1C(=O)O)C1CC1. The quantitative estimate of drug-likeness (QED) is 0.840. The van der Waals surface area contributed by atoms with Crippen molar-refractivity contribution in [3.05, 3.63) is 29.3 Å². The van der Waals surface area contributed by atoms with E-state index >= 15 is 0 Å². The number of hydrogen-bond acceptors (Lipinski definition) is 3. The number of benzene rings is 1. The first-order chi connectivity index (χ1) is 8.63. The Hall–Kier alpha value is -1.55. The van der Waals surface area contributed by atoms with Gasteiger partial charge in [0.15, 0.2) is 0 Å². The Bertz CT molecular complexity index is 441. The molecule has 0 aliphatic heterocycles. The van der Waals surface area contributed by atoms with E-state index in [-0.39, 0.29) is 0 Å². The van der Waals surface area contributed by atoms with Crippen molar-refractivity contribution >= 4 is 11.7 Å². The number of ether oxygens (including phenoxy) is 1. The number of carbonyl (C=O) groups is 1. The van der Waals surface area contributed by atoms with Gasteiger partial charge in [-0.05, 0) is 37.5 Å². The van der Waals surface area contributed by atoms with Gasteiger partial charge in [-0.3, -0.25) is 0 Å². The average Bonchev–Trinajstić information content (AvgIpc) is 3.13. The van der Waals surface area contributed by atoms with Crippen molar-refractivity contribution in [2.45, 2.75) is 25.8 Å². The van der Waals surface area contributed by atoms with E-state index in [0.717, 1.165) is 30.6 Å². The zero-order valence-electron chi connectivity index (χ0n) is 10.8. The minimum atomic E-state index is -0.868. The second-order valence-corrected chi connectivity index (χ2v) is 4.74. The summed E-state index contributed by atoms with van der Waals surface area (Å²) in [5, 5.41) is 9.28. The van der Waals surface area contributed by atoms with E-state index in [4.69, 9.17) is 4.74 Å². The Morgan fingerprint density at radius 1 is 1.50 bits per heavy atom. The van der Waals surface area contributed by atoms with Gasteiger partial charge in [0.25, 0.3) is 0 Å². The molecule has 1 aliphatic carbocycles. The molecule has 0 bridgehead atoms. The first-order valence-electron chi connectivity index (χ1n) is 6.23. The number of rotatable bonds is 6. The second kappa shape index (κ2) is 5.40. The smallest absolute Gasteiger partial charge is 0.337 e. The van der Waals surface area contributed by atoms with Gasteiger partial charge in [0.05, 0.1) is 17.9 Å². The van der Waals surface area contributed by atoms with Gasteiger partial charge in [-0.1, -0.05) is 6.07 Å². The fourth-order valence-corrected chi connectivity index (χ4v) is 2.14.